The highest BCUT2D eigenvalue weighted by Gasteiger charge is 2.09. The zero-order valence-electron chi connectivity index (χ0n) is 9.01. The van der Waals surface area contributed by atoms with Crippen molar-refractivity contribution in [2.24, 2.45) is 7.05 Å². The summed E-state index contributed by atoms with van der Waals surface area (Å²) >= 11 is 0. The Balaban J connectivity index is 2.25. The molecule has 2 aromatic heterocycles. The molecule has 0 saturated heterocycles. The van der Waals surface area contributed by atoms with Gasteiger partial charge in [0.25, 0.3) is 0 Å². The molecule has 0 fully saturated rings. The lowest BCUT2D eigenvalue weighted by Gasteiger charge is -1.96. The molecule has 0 unspecified atom stereocenters. The summed E-state index contributed by atoms with van der Waals surface area (Å²) in [6.07, 6.45) is 0. The van der Waals surface area contributed by atoms with Crippen molar-refractivity contribution in [2.75, 3.05) is 5.73 Å². The Bertz CT molecular complexity index is 751. The van der Waals surface area contributed by atoms with Gasteiger partial charge in [0.05, 0.1) is 5.52 Å². The molecule has 6 heteroatoms. The quantitative estimate of drug-likeness (QED) is 0.683. The average molecular weight is 231 g/mol. The molecule has 2 N–H and O–H groups in total. The Morgan fingerprint density at radius 1 is 1.35 bits per heavy atom. The second-order valence-electron chi connectivity index (χ2n) is 3.72. The molecule has 0 radical (unpaired) electrons. The summed E-state index contributed by atoms with van der Waals surface area (Å²) in [5, 5.41) is 3.81. The number of fused-ring (bicyclic) bond motifs is 1. The highest BCUT2D eigenvalue weighted by Crippen LogP contribution is 2.24. The Kier molecular flexibility index (Phi) is 1.85. The van der Waals surface area contributed by atoms with Crippen molar-refractivity contribution < 1.29 is 8.94 Å². The number of benzene rings is 1. The van der Waals surface area contributed by atoms with E-state index in [2.05, 4.69) is 5.16 Å². The van der Waals surface area contributed by atoms with Crippen LogP contribution in [0.3, 0.4) is 0 Å². The minimum Gasteiger partial charge on any atom is -0.408 e. The van der Waals surface area contributed by atoms with E-state index in [1.807, 2.05) is 0 Å². The number of rotatable bonds is 1. The number of anilines is 1. The number of nitrogen functional groups attached to an aromatic ring is 1. The van der Waals surface area contributed by atoms with Gasteiger partial charge in [-0.25, -0.2) is 4.79 Å². The Labute approximate surface area is 95.2 Å². The van der Waals surface area contributed by atoms with Crippen LogP contribution >= 0.6 is 0 Å². The molecule has 0 bridgehead atoms. The lowest BCUT2D eigenvalue weighted by molar-refractivity contribution is 0.439. The van der Waals surface area contributed by atoms with Gasteiger partial charge < -0.3 is 14.7 Å². The van der Waals surface area contributed by atoms with Crippen LogP contribution in [-0.4, -0.2) is 9.72 Å². The fraction of sp³-hybridized carbons (Fsp3) is 0.0909. The largest absolute Gasteiger partial charge is 0.419 e. The Hall–Kier alpha value is -2.50. The smallest absolute Gasteiger partial charge is 0.408 e. The van der Waals surface area contributed by atoms with Crippen molar-refractivity contribution >= 4 is 17.0 Å². The van der Waals surface area contributed by atoms with Crippen molar-refractivity contribution in [3.05, 3.63) is 34.8 Å². The molecule has 86 valence electrons. The first-order valence-corrected chi connectivity index (χ1v) is 4.97. The van der Waals surface area contributed by atoms with Crippen LogP contribution in [-0.2, 0) is 7.05 Å². The van der Waals surface area contributed by atoms with E-state index in [0.717, 1.165) is 5.56 Å². The number of oxazole rings is 1. The predicted octanol–water partition coefficient (Wildman–Crippen LogP) is 1.37. The maximum absolute atomic E-state index is 11.3. The Morgan fingerprint density at radius 3 is 2.88 bits per heavy atom. The zero-order valence-corrected chi connectivity index (χ0v) is 9.01. The molecule has 0 aliphatic rings. The van der Waals surface area contributed by atoms with Gasteiger partial charge in [-0.3, -0.25) is 4.57 Å². The van der Waals surface area contributed by atoms with Gasteiger partial charge >= 0.3 is 5.76 Å². The van der Waals surface area contributed by atoms with Crippen molar-refractivity contribution in [1.29, 1.82) is 0 Å². The summed E-state index contributed by atoms with van der Waals surface area (Å²) in [5.41, 5.74) is 8.14. The number of aryl methyl sites for hydroxylation is 1. The second-order valence-corrected chi connectivity index (χ2v) is 3.72. The summed E-state index contributed by atoms with van der Waals surface area (Å²) in [6, 6.07) is 6.94. The molecule has 6 nitrogen and oxygen atoms in total. The van der Waals surface area contributed by atoms with E-state index in [9.17, 15) is 4.79 Å². The monoisotopic (exact) mass is 231 g/mol. The van der Waals surface area contributed by atoms with Gasteiger partial charge in [0.1, 0.15) is 5.69 Å². The highest BCUT2D eigenvalue weighted by molar-refractivity contribution is 5.79. The molecule has 0 spiro atoms. The van der Waals surface area contributed by atoms with E-state index in [4.69, 9.17) is 14.7 Å². The molecular formula is C11H9N3O3. The summed E-state index contributed by atoms with van der Waals surface area (Å²) in [6.45, 7) is 0. The van der Waals surface area contributed by atoms with Crippen LogP contribution in [0.5, 0.6) is 0 Å². The van der Waals surface area contributed by atoms with Gasteiger partial charge in [0.2, 0.25) is 5.88 Å². The summed E-state index contributed by atoms with van der Waals surface area (Å²) in [7, 11) is 1.65. The average Bonchev–Trinajstić information content (AvgIpc) is 2.85. The van der Waals surface area contributed by atoms with Gasteiger partial charge in [0, 0.05) is 18.7 Å². The van der Waals surface area contributed by atoms with E-state index in [1.54, 1.807) is 31.3 Å². The topological polar surface area (TPSA) is 87.2 Å². The second kappa shape index (κ2) is 3.24. The molecular weight excluding hydrogens is 222 g/mol. The van der Waals surface area contributed by atoms with Crippen molar-refractivity contribution in [1.82, 2.24) is 9.72 Å². The van der Waals surface area contributed by atoms with Crippen LogP contribution in [0, 0.1) is 0 Å². The van der Waals surface area contributed by atoms with Crippen molar-refractivity contribution in [3.63, 3.8) is 0 Å². The minimum atomic E-state index is -0.392. The molecule has 0 atom stereocenters. The first-order valence-electron chi connectivity index (χ1n) is 4.97. The number of hydrogen-bond acceptors (Lipinski definition) is 5. The molecule has 0 aliphatic heterocycles. The lowest BCUT2D eigenvalue weighted by atomic mass is 10.1. The first-order chi connectivity index (χ1) is 8.15. The van der Waals surface area contributed by atoms with Gasteiger partial charge in [-0.15, -0.1) is 0 Å². The number of hydrogen-bond donors (Lipinski definition) is 1. The van der Waals surface area contributed by atoms with Crippen molar-refractivity contribution in [3.8, 4) is 11.3 Å². The number of nitrogens with zero attached hydrogens (tertiary/aromatic N) is 2. The molecule has 3 aromatic rings. The molecule has 3 rings (SSSR count). The maximum Gasteiger partial charge on any atom is 0.419 e. The minimum absolute atomic E-state index is 0.251. The van der Waals surface area contributed by atoms with Crippen molar-refractivity contribution in [2.45, 2.75) is 0 Å². The van der Waals surface area contributed by atoms with E-state index in [-0.39, 0.29) is 5.88 Å². The number of nitrogens with two attached hydrogens (primary N) is 1. The normalized spacial score (nSPS) is 11.1. The van der Waals surface area contributed by atoms with Gasteiger partial charge in [0.15, 0.2) is 5.58 Å². The van der Waals surface area contributed by atoms with Gasteiger partial charge in [-0.05, 0) is 18.2 Å². The lowest BCUT2D eigenvalue weighted by Crippen LogP contribution is -2.08. The van der Waals surface area contributed by atoms with Crippen LogP contribution < -0.4 is 11.5 Å². The van der Waals surface area contributed by atoms with Gasteiger partial charge in [-0.1, -0.05) is 5.16 Å². The van der Waals surface area contributed by atoms with Crippen LogP contribution in [0.15, 0.2) is 38.0 Å². The highest BCUT2D eigenvalue weighted by atomic mass is 16.5. The Morgan fingerprint density at radius 2 is 2.18 bits per heavy atom. The summed E-state index contributed by atoms with van der Waals surface area (Å²) in [5.74, 6) is -0.141. The fourth-order valence-corrected chi connectivity index (χ4v) is 1.71. The molecule has 0 aliphatic carbocycles. The van der Waals surface area contributed by atoms with Gasteiger partial charge in [-0.2, -0.15) is 0 Å². The third-order valence-corrected chi connectivity index (χ3v) is 2.62. The molecule has 0 amide bonds. The van der Waals surface area contributed by atoms with Crippen LogP contribution in [0.2, 0.25) is 0 Å². The van der Waals surface area contributed by atoms with E-state index < -0.39 is 5.76 Å². The van der Waals surface area contributed by atoms with Crippen LogP contribution in [0.25, 0.3) is 22.4 Å². The molecule has 0 saturated carbocycles. The summed E-state index contributed by atoms with van der Waals surface area (Å²) < 4.78 is 11.3. The third-order valence-electron chi connectivity index (χ3n) is 2.62. The van der Waals surface area contributed by atoms with E-state index in [0.29, 0.717) is 16.8 Å². The molecule has 1 aromatic carbocycles. The maximum atomic E-state index is 11.3. The van der Waals surface area contributed by atoms with E-state index >= 15 is 0 Å². The summed E-state index contributed by atoms with van der Waals surface area (Å²) in [4.78, 5) is 11.3. The molecule has 2 heterocycles. The first kappa shape index (κ1) is 9.71. The zero-order chi connectivity index (χ0) is 12.0. The number of aromatic nitrogens is 2. The van der Waals surface area contributed by atoms with E-state index in [1.165, 1.54) is 4.57 Å². The fourth-order valence-electron chi connectivity index (χ4n) is 1.71. The van der Waals surface area contributed by atoms with Crippen LogP contribution in [0.4, 0.5) is 5.88 Å². The van der Waals surface area contributed by atoms with Crippen LogP contribution in [0.1, 0.15) is 0 Å². The SMILES string of the molecule is Cn1c(=O)oc2ccc(-c3cc(N)on3)cc21. The predicted molar refractivity (Wildman–Crippen MR) is 61.4 cm³/mol. The molecule has 17 heavy (non-hydrogen) atoms. The standard InChI is InChI=1S/C11H9N3O3/c1-14-8-4-6(7-5-10(12)17-13-7)2-3-9(8)16-11(14)15/h2-5H,12H2,1H3. The third kappa shape index (κ3) is 1.42.